The van der Waals surface area contributed by atoms with Gasteiger partial charge in [0.15, 0.2) is 5.82 Å². The van der Waals surface area contributed by atoms with E-state index in [1.807, 2.05) is 0 Å². The second kappa shape index (κ2) is 4.78. The van der Waals surface area contributed by atoms with Crippen molar-refractivity contribution in [2.75, 3.05) is 5.32 Å². The standard InChI is InChI=1S/C12H11FN2O2/c1-8-6-11(15-17-8)14-12(16)7-9-2-4-10(13)5-3-9/h2-6H,7H2,1H3,(H,14,15,16). The number of aryl methyl sites for hydroxylation is 1. The van der Waals surface area contributed by atoms with Gasteiger partial charge in [0.05, 0.1) is 6.42 Å². The average Bonchev–Trinajstić information content (AvgIpc) is 2.67. The van der Waals surface area contributed by atoms with Gasteiger partial charge in [0.1, 0.15) is 11.6 Å². The van der Waals surface area contributed by atoms with Crippen LogP contribution in [0.2, 0.25) is 0 Å². The number of amides is 1. The van der Waals surface area contributed by atoms with Crippen LogP contribution >= 0.6 is 0 Å². The zero-order valence-corrected chi connectivity index (χ0v) is 9.24. The number of benzene rings is 1. The molecule has 0 aliphatic heterocycles. The van der Waals surface area contributed by atoms with E-state index in [4.69, 9.17) is 4.52 Å². The van der Waals surface area contributed by atoms with E-state index in [0.29, 0.717) is 11.6 Å². The monoisotopic (exact) mass is 234 g/mol. The number of carbonyl (C=O) groups is 1. The molecule has 0 aliphatic rings. The summed E-state index contributed by atoms with van der Waals surface area (Å²) in [6.45, 7) is 1.74. The molecular weight excluding hydrogens is 223 g/mol. The van der Waals surface area contributed by atoms with Crippen LogP contribution in [0.1, 0.15) is 11.3 Å². The Morgan fingerprint density at radius 2 is 2.12 bits per heavy atom. The van der Waals surface area contributed by atoms with Crippen molar-refractivity contribution in [2.45, 2.75) is 13.3 Å². The van der Waals surface area contributed by atoms with Crippen LogP contribution in [0.4, 0.5) is 10.2 Å². The Morgan fingerprint density at radius 3 is 2.71 bits per heavy atom. The number of rotatable bonds is 3. The Hall–Kier alpha value is -2.17. The van der Waals surface area contributed by atoms with Gasteiger partial charge in [-0.15, -0.1) is 0 Å². The molecule has 0 saturated carbocycles. The van der Waals surface area contributed by atoms with Crippen molar-refractivity contribution in [2.24, 2.45) is 0 Å². The van der Waals surface area contributed by atoms with Crippen LogP contribution in [0, 0.1) is 12.7 Å². The van der Waals surface area contributed by atoms with Crippen LogP contribution in [0.5, 0.6) is 0 Å². The van der Waals surface area contributed by atoms with Crippen molar-refractivity contribution >= 4 is 11.7 Å². The molecule has 17 heavy (non-hydrogen) atoms. The van der Waals surface area contributed by atoms with Gasteiger partial charge in [-0.1, -0.05) is 17.3 Å². The topological polar surface area (TPSA) is 55.1 Å². The highest BCUT2D eigenvalue weighted by Gasteiger charge is 2.07. The predicted octanol–water partition coefficient (Wildman–Crippen LogP) is 2.30. The first kappa shape index (κ1) is 11.3. The van der Waals surface area contributed by atoms with Gasteiger partial charge in [0.25, 0.3) is 0 Å². The summed E-state index contributed by atoms with van der Waals surface area (Å²) in [6, 6.07) is 7.42. The van der Waals surface area contributed by atoms with Crippen LogP contribution in [-0.4, -0.2) is 11.1 Å². The van der Waals surface area contributed by atoms with Crippen LogP contribution in [0.25, 0.3) is 0 Å². The largest absolute Gasteiger partial charge is 0.360 e. The Kier molecular flexibility index (Phi) is 3.18. The van der Waals surface area contributed by atoms with Gasteiger partial charge in [0.2, 0.25) is 5.91 Å². The maximum Gasteiger partial charge on any atom is 0.230 e. The number of nitrogens with one attached hydrogen (secondary N) is 1. The van der Waals surface area contributed by atoms with E-state index in [1.54, 1.807) is 25.1 Å². The molecule has 1 N–H and O–H groups in total. The van der Waals surface area contributed by atoms with Gasteiger partial charge in [-0.25, -0.2) is 4.39 Å². The number of halogens is 1. The molecule has 0 aliphatic carbocycles. The number of hydrogen-bond donors (Lipinski definition) is 1. The molecule has 0 saturated heterocycles. The number of anilines is 1. The van der Waals surface area contributed by atoms with Gasteiger partial charge >= 0.3 is 0 Å². The fraction of sp³-hybridized carbons (Fsp3) is 0.167. The van der Waals surface area contributed by atoms with Gasteiger partial charge in [0, 0.05) is 6.07 Å². The average molecular weight is 234 g/mol. The molecule has 0 fully saturated rings. The summed E-state index contributed by atoms with van der Waals surface area (Å²) in [7, 11) is 0. The highest BCUT2D eigenvalue weighted by molar-refractivity contribution is 5.91. The molecular formula is C12H11FN2O2. The van der Waals surface area contributed by atoms with E-state index in [1.165, 1.54) is 12.1 Å². The van der Waals surface area contributed by atoms with Gasteiger partial charge < -0.3 is 9.84 Å². The minimum absolute atomic E-state index is 0.173. The molecule has 5 heteroatoms. The third kappa shape index (κ3) is 3.14. The van der Waals surface area contributed by atoms with Crippen LogP contribution in [-0.2, 0) is 11.2 Å². The Morgan fingerprint density at radius 1 is 1.41 bits per heavy atom. The van der Waals surface area contributed by atoms with E-state index in [2.05, 4.69) is 10.5 Å². The highest BCUT2D eigenvalue weighted by Crippen LogP contribution is 2.09. The minimum atomic E-state index is -0.318. The second-order valence-corrected chi connectivity index (χ2v) is 3.67. The zero-order chi connectivity index (χ0) is 12.3. The van der Waals surface area contributed by atoms with E-state index in [-0.39, 0.29) is 18.1 Å². The van der Waals surface area contributed by atoms with Crippen LogP contribution < -0.4 is 5.32 Å². The summed E-state index contributed by atoms with van der Waals surface area (Å²) in [5, 5.41) is 6.23. The van der Waals surface area contributed by atoms with E-state index in [9.17, 15) is 9.18 Å². The molecule has 2 rings (SSSR count). The molecule has 1 aromatic carbocycles. The third-order valence-corrected chi connectivity index (χ3v) is 2.17. The fourth-order valence-corrected chi connectivity index (χ4v) is 1.40. The summed E-state index contributed by atoms with van der Waals surface area (Å²) >= 11 is 0. The molecule has 0 bridgehead atoms. The van der Waals surface area contributed by atoms with Crippen molar-refractivity contribution in [3.63, 3.8) is 0 Å². The van der Waals surface area contributed by atoms with Crippen molar-refractivity contribution in [1.29, 1.82) is 0 Å². The predicted molar refractivity (Wildman–Crippen MR) is 60.0 cm³/mol. The van der Waals surface area contributed by atoms with Crippen LogP contribution in [0.3, 0.4) is 0 Å². The van der Waals surface area contributed by atoms with Gasteiger partial charge in [-0.2, -0.15) is 0 Å². The van der Waals surface area contributed by atoms with E-state index in [0.717, 1.165) is 5.56 Å². The van der Waals surface area contributed by atoms with Crippen molar-refractivity contribution in [3.8, 4) is 0 Å². The van der Waals surface area contributed by atoms with Crippen LogP contribution in [0.15, 0.2) is 34.9 Å². The van der Waals surface area contributed by atoms with Crippen molar-refractivity contribution in [1.82, 2.24) is 5.16 Å². The van der Waals surface area contributed by atoms with Gasteiger partial charge in [-0.05, 0) is 24.6 Å². The minimum Gasteiger partial charge on any atom is -0.360 e. The molecule has 1 amide bonds. The quantitative estimate of drug-likeness (QED) is 0.886. The Labute approximate surface area is 97.4 Å². The lowest BCUT2D eigenvalue weighted by atomic mass is 10.1. The zero-order valence-electron chi connectivity index (χ0n) is 9.24. The lowest BCUT2D eigenvalue weighted by Gasteiger charge is -2.01. The summed E-state index contributed by atoms with van der Waals surface area (Å²) in [4.78, 5) is 11.6. The first-order valence-electron chi connectivity index (χ1n) is 5.11. The second-order valence-electron chi connectivity index (χ2n) is 3.67. The first-order valence-corrected chi connectivity index (χ1v) is 5.11. The van der Waals surface area contributed by atoms with E-state index < -0.39 is 0 Å². The summed E-state index contributed by atoms with van der Waals surface area (Å²) in [5.74, 6) is 0.475. The smallest absolute Gasteiger partial charge is 0.230 e. The van der Waals surface area contributed by atoms with Gasteiger partial charge in [-0.3, -0.25) is 4.79 Å². The summed E-state index contributed by atoms with van der Waals surface area (Å²) < 4.78 is 17.5. The highest BCUT2D eigenvalue weighted by atomic mass is 19.1. The molecule has 0 atom stereocenters. The summed E-state index contributed by atoms with van der Waals surface area (Å²) in [6.07, 6.45) is 0.173. The summed E-state index contributed by atoms with van der Waals surface area (Å²) in [5.41, 5.74) is 0.740. The fourth-order valence-electron chi connectivity index (χ4n) is 1.40. The lowest BCUT2D eigenvalue weighted by molar-refractivity contribution is -0.115. The molecule has 2 aromatic rings. The number of nitrogens with zero attached hydrogens (tertiary/aromatic N) is 1. The molecule has 0 unspecified atom stereocenters. The maximum atomic E-state index is 12.7. The molecule has 1 aromatic heterocycles. The molecule has 88 valence electrons. The molecule has 4 nitrogen and oxygen atoms in total. The SMILES string of the molecule is Cc1cc(NC(=O)Cc2ccc(F)cc2)no1. The lowest BCUT2D eigenvalue weighted by Crippen LogP contribution is -2.14. The number of carbonyl (C=O) groups excluding carboxylic acids is 1. The Bertz CT molecular complexity index is 520. The number of aromatic nitrogens is 1. The number of hydrogen-bond acceptors (Lipinski definition) is 3. The van der Waals surface area contributed by atoms with Crippen molar-refractivity contribution < 1.29 is 13.7 Å². The van der Waals surface area contributed by atoms with Crippen molar-refractivity contribution in [3.05, 3.63) is 47.5 Å². The maximum absolute atomic E-state index is 12.7. The van der Waals surface area contributed by atoms with E-state index >= 15 is 0 Å². The molecule has 1 heterocycles. The molecule has 0 radical (unpaired) electrons. The normalized spacial score (nSPS) is 10.2. The molecule has 0 spiro atoms. The Balaban J connectivity index is 1.95. The third-order valence-electron chi connectivity index (χ3n) is 2.17. The first-order chi connectivity index (χ1) is 8.13.